The highest BCUT2D eigenvalue weighted by Crippen LogP contribution is 2.38. The monoisotopic (exact) mass is 335 g/mol. The predicted molar refractivity (Wildman–Crippen MR) is 98.1 cm³/mol. The molecule has 2 aliphatic heterocycles. The third-order valence-corrected chi connectivity index (χ3v) is 6.18. The number of nitrogens with one attached hydrogen (secondary N) is 1. The van der Waals surface area contributed by atoms with Crippen molar-refractivity contribution >= 4 is 5.82 Å². The normalized spacial score (nSPS) is 25.5. The largest absolute Gasteiger partial charge is 0.356 e. The van der Waals surface area contributed by atoms with Crippen molar-refractivity contribution in [2.75, 3.05) is 18.0 Å². The highest BCUT2D eigenvalue weighted by Gasteiger charge is 2.33. The lowest BCUT2D eigenvalue weighted by Gasteiger charge is -2.42. The van der Waals surface area contributed by atoms with Crippen LogP contribution in [0.15, 0.2) is 24.5 Å². The Hall–Kier alpha value is -2.01. The quantitative estimate of drug-likeness (QED) is 0.914. The minimum atomic E-state index is 0.816. The third kappa shape index (κ3) is 2.80. The second-order valence-corrected chi connectivity index (χ2v) is 7.68. The molecule has 0 bridgehead atoms. The number of anilines is 1. The summed E-state index contributed by atoms with van der Waals surface area (Å²) in [5.41, 5.74) is 3.47. The molecular formula is C20H25N5. The summed E-state index contributed by atoms with van der Waals surface area (Å²) in [5, 5.41) is 3.46. The highest BCUT2D eigenvalue weighted by molar-refractivity contribution is 5.60. The average Bonchev–Trinajstić information content (AvgIpc) is 3.16. The first kappa shape index (κ1) is 15.3. The van der Waals surface area contributed by atoms with Crippen LogP contribution < -0.4 is 10.2 Å². The van der Waals surface area contributed by atoms with Crippen molar-refractivity contribution in [3.8, 4) is 11.4 Å². The molecule has 130 valence electrons. The topological polar surface area (TPSA) is 53.9 Å². The van der Waals surface area contributed by atoms with Crippen molar-refractivity contribution in [2.24, 2.45) is 11.8 Å². The molecule has 0 spiro atoms. The Balaban J connectivity index is 1.51. The van der Waals surface area contributed by atoms with Gasteiger partial charge in [-0.05, 0) is 36.8 Å². The Morgan fingerprint density at radius 1 is 1.04 bits per heavy atom. The zero-order valence-electron chi connectivity index (χ0n) is 14.6. The minimum absolute atomic E-state index is 0.816. The van der Waals surface area contributed by atoms with Crippen molar-refractivity contribution in [2.45, 2.75) is 45.2 Å². The lowest BCUT2D eigenvalue weighted by atomic mass is 9.75. The van der Waals surface area contributed by atoms with Crippen molar-refractivity contribution < 1.29 is 0 Å². The molecule has 4 heterocycles. The van der Waals surface area contributed by atoms with E-state index in [4.69, 9.17) is 9.97 Å². The molecule has 1 N–H and O–H groups in total. The standard InChI is InChI=1S/C20H25N5/c1-2-5-16-13-25(9-7-14(16)4-1)20-17-11-22-12-18(17)23-19(24-20)15-6-3-8-21-10-15/h3,6,8,10,14,16,22H,1-2,4-5,7,9,11-13H2/t14-,16+/m0/s1. The number of hydrogen-bond acceptors (Lipinski definition) is 5. The molecule has 0 unspecified atom stereocenters. The molecule has 1 saturated heterocycles. The summed E-state index contributed by atoms with van der Waals surface area (Å²) in [7, 11) is 0. The first-order valence-corrected chi connectivity index (χ1v) is 9.64. The maximum atomic E-state index is 5.01. The zero-order chi connectivity index (χ0) is 16.6. The molecule has 0 aromatic carbocycles. The van der Waals surface area contributed by atoms with Gasteiger partial charge in [-0.15, -0.1) is 0 Å². The fourth-order valence-electron chi connectivity index (χ4n) is 4.83. The molecule has 5 nitrogen and oxygen atoms in total. The van der Waals surface area contributed by atoms with E-state index < -0.39 is 0 Å². The van der Waals surface area contributed by atoms with Crippen LogP contribution in [0, 0.1) is 11.8 Å². The fourth-order valence-corrected chi connectivity index (χ4v) is 4.83. The van der Waals surface area contributed by atoms with Gasteiger partial charge in [0.2, 0.25) is 0 Å². The highest BCUT2D eigenvalue weighted by atomic mass is 15.2. The SMILES string of the molecule is c1cncc(-c2nc3c(c(N4CC[C@@H]5CCCC[C@@H]5C4)n2)CNC3)c1. The van der Waals surface area contributed by atoms with Crippen LogP contribution in [0.5, 0.6) is 0 Å². The van der Waals surface area contributed by atoms with Crippen LogP contribution in [0.1, 0.15) is 43.4 Å². The predicted octanol–water partition coefficient (Wildman–Crippen LogP) is 3.16. The van der Waals surface area contributed by atoms with Crippen molar-refractivity contribution in [3.05, 3.63) is 35.8 Å². The molecule has 2 fully saturated rings. The molecule has 0 radical (unpaired) electrons. The summed E-state index contributed by atoms with van der Waals surface area (Å²) in [5.74, 6) is 3.77. The van der Waals surface area contributed by atoms with Crippen LogP contribution in [0.3, 0.4) is 0 Å². The first-order valence-electron chi connectivity index (χ1n) is 9.64. The van der Waals surface area contributed by atoms with Gasteiger partial charge in [0.05, 0.1) is 5.69 Å². The van der Waals surface area contributed by atoms with Gasteiger partial charge < -0.3 is 10.2 Å². The van der Waals surface area contributed by atoms with E-state index in [2.05, 4.69) is 15.2 Å². The van der Waals surface area contributed by atoms with E-state index in [9.17, 15) is 0 Å². The summed E-state index contributed by atoms with van der Waals surface area (Å²) in [6.07, 6.45) is 10.6. The van der Waals surface area contributed by atoms with Gasteiger partial charge in [0.25, 0.3) is 0 Å². The Bertz CT molecular complexity index is 760. The van der Waals surface area contributed by atoms with E-state index in [1.807, 2.05) is 18.3 Å². The van der Waals surface area contributed by atoms with E-state index in [0.29, 0.717) is 0 Å². The molecule has 2 aromatic rings. The van der Waals surface area contributed by atoms with E-state index in [-0.39, 0.29) is 0 Å². The summed E-state index contributed by atoms with van der Waals surface area (Å²) in [6, 6.07) is 4.01. The van der Waals surface area contributed by atoms with Crippen LogP contribution in [-0.4, -0.2) is 28.0 Å². The van der Waals surface area contributed by atoms with Gasteiger partial charge in [0, 0.05) is 49.7 Å². The molecule has 1 saturated carbocycles. The van der Waals surface area contributed by atoms with E-state index in [0.717, 1.165) is 54.4 Å². The van der Waals surface area contributed by atoms with Gasteiger partial charge in [-0.2, -0.15) is 0 Å². The number of hydrogen-bond donors (Lipinski definition) is 1. The average molecular weight is 335 g/mol. The smallest absolute Gasteiger partial charge is 0.163 e. The minimum Gasteiger partial charge on any atom is -0.356 e. The lowest BCUT2D eigenvalue weighted by Crippen LogP contribution is -2.42. The number of piperidine rings is 1. The van der Waals surface area contributed by atoms with Crippen LogP contribution in [-0.2, 0) is 13.1 Å². The first-order chi connectivity index (χ1) is 12.4. The molecule has 25 heavy (non-hydrogen) atoms. The maximum absolute atomic E-state index is 5.01. The molecule has 5 heteroatoms. The van der Waals surface area contributed by atoms with Gasteiger partial charge in [0.15, 0.2) is 5.82 Å². The van der Waals surface area contributed by atoms with Crippen molar-refractivity contribution in [1.29, 1.82) is 0 Å². The second kappa shape index (κ2) is 6.37. The Morgan fingerprint density at radius 3 is 2.84 bits per heavy atom. The van der Waals surface area contributed by atoms with Gasteiger partial charge in [-0.3, -0.25) is 4.98 Å². The lowest BCUT2D eigenvalue weighted by molar-refractivity contribution is 0.202. The number of nitrogens with zero attached hydrogens (tertiary/aromatic N) is 4. The van der Waals surface area contributed by atoms with Crippen LogP contribution in [0.2, 0.25) is 0 Å². The summed E-state index contributed by atoms with van der Waals surface area (Å²) in [4.78, 5) is 16.6. The van der Waals surface area contributed by atoms with Gasteiger partial charge in [0.1, 0.15) is 5.82 Å². The van der Waals surface area contributed by atoms with Crippen molar-refractivity contribution in [3.63, 3.8) is 0 Å². The van der Waals surface area contributed by atoms with Gasteiger partial charge >= 0.3 is 0 Å². The summed E-state index contributed by atoms with van der Waals surface area (Å²) < 4.78 is 0. The van der Waals surface area contributed by atoms with E-state index in [1.54, 1.807) is 6.20 Å². The molecular weight excluding hydrogens is 310 g/mol. The van der Waals surface area contributed by atoms with E-state index >= 15 is 0 Å². The number of aromatic nitrogens is 3. The Morgan fingerprint density at radius 2 is 1.96 bits per heavy atom. The van der Waals surface area contributed by atoms with Crippen molar-refractivity contribution in [1.82, 2.24) is 20.3 Å². The van der Waals surface area contributed by atoms with Crippen LogP contribution >= 0.6 is 0 Å². The molecule has 2 atom stereocenters. The number of rotatable bonds is 2. The molecule has 3 aliphatic rings. The fraction of sp³-hybridized carbons (Fsp3) is 0.550. The number of fused-ring (bicyclic) bond motifs is 2. The van der Waals surface area contributed by atoms with E-state index in [1.165, 1.54) is 44.2 Å². The van der Waals surface area contributed by atoms with Gasteiger partial charge in [-0.25, -0.2) is 9.97 Å². The van der Waals surface area contributed by atoms with Crippen LogP contribution in [0.25, 0.3) is 11.4 Å². The zero-order valence-corrected chi connectivity index (χ0v) is 14.6. The summed E-state index contributed by atoms with van der Waals surface area (Å²) in [6.45, 7) is 4.04. The molecule has 1 aliphatic carbocycles. The Kier molecular flexibility index (Phi) is 3.89. The summed E-state index contributed by atoms with van der Waals surface area (Å²) >= 11 is 0. The molecule has 5 rings (SSSR count). The maximum Gasteiger partial charge on any atom is 0.163 e. The number of pyridine rings is 1. The molecule has 0 amide bonds. The third-order valence-electron chi connectivity index (χ3n) is 6.18. The Labute approximate surface area is 148 Å². The molecule has 2 aromatic heterocycles. The van der Waals surface area contributed by atoms with Gasteiger partial charge in [-0.1, -0.05) is 19.3 Å². The van der Waals surface area contributed by atoms with Crippen LogP contribution in [0.4, 0.5) is 5.82 Å². The second-order valence-electron chi connectivity index (χ2n) is 7.68.